The van der Waals surface area contributed by atoms with E-state index in [9.17, 15) is 5.11 Å². The number of fused-ring (bicyclic) bond motifs is 5. The third-order valence-corrected chi connectivity index (χ3v) is 10.0. The molecule has 4 saturated carbocycles. The lowest BCUT2D eigenvalue weighted by molar-refractivity contribution is -0.140. The molecule has 0 unspecified atom stereocenters. The zero-order chi connectivity index (χ0) is 19.4. The van der Waals surface area contributed by atoms with Crippen LogP contribution in [0.15, 0.2) is 12.2 Å². The molecule has 4 aliphatic carbocycles. The van der Waals surface area contributed by atoms with E-state index < -0.39 is 0 Å². The van der Waals surface area contributed by atoms with Crippen molar-refractivity contribution in [2.24, 2.45) is 46.8 Å². The minimum atomic E-state index is -0.338. The maximum atomic E-state index is 11.1. The van der Waals surface area contributed by atoms with Crippen LogP contribution in [0.25, 0.3) is 0 Å². The van der Waals surface area contributed by atoms with E-state index in [-0.39, 0.29) is 5.60 Å². The molecule has 9 atom stereocenters. The number of hydrogen-bond donors (Lipinski definition) is 1. The Balaban J connectivity index is 1.56. The summed E-state index contributed by atoms with van der Waals surface area (Å²) in [6, 6.07) is 0. The highest BCUT2D eigenvalue weighted by Crippen LogP contribution is 2.65. The van der Waals surface area contributed by atoms with Crippen molar-refractivity contribution in [1.29, 1.82) is 0 Å². The van der Waals surface area contributed by atoms with Gasteiger partial charge in [-0.25, -0.2) is 0 Å². The largest absolute Gasteiger partial charge is 0.390 e. The average molecular weight is 373 g/mol. The Bertz CT molecular complexity index is 567. The maximum absolute atomic E-state index is 11.1. The summed E-state index contributed by atoms with van der Waals surface area (Å²) in [7, 11) is 0. The SMILES string of the molecule is C=C(C)[C@H]1CC[C@@H](C)[C@H]2[C@@H]3CC[C@@H]4C[C@@](O)(CCC)CC[C@@H]4[C@H]3CC[C@@]21C. The summed E-state index contributed by atoms with van der Waals surface area (Å²) in [6.07, 6.45) is 14.1. The molecule has 0 radical (unpaired) electrons. The first-order valence-electron chi connectivity index (χ1n) is 12.2. The minimum absolute atomic E-state index is 0.338. The van der Waals surface area contributed by atoms with Crippen molar-refractivity contribution < 1.29 is 5.11 Å². The lowest BCUT2D eigenvalue weighted by Crippen LogP contribution is -2.56. The van der Waals surface area contributed by atoms with E-state index >= 15 is 0 Å². The number of aliphatic hydroxyl groups is 1. The van der Waals surface area contributed by atoms with Crippen LogP contribution in [0.1, 0.15) is 98.3 Å². The second kappa shape index (κ2) is 7.19. The van der Waals surface area contributed by atoms with Crippen molar-refractivity contribution in [2.45, 2.75) is 104 Å². The standard InChI is InChI=1S/C26H44O/c1-6-13-26(27)15-12-20-19(16-26)8-9-22-21(20)11-14-25(5)23(17(2)3)10-7-18(4)24(22)25/h18-24,27H,2,6-16H2,1,3-5H3/t18-,19-,20+,21-,22-,23-,24+,25-,26-/m1/s1. The summed E-state index contributed by atoms with van der Waals surface area (Å²) < 4.78 is 0. The van der Waals surface area contributed by atoms with Gasteiger partial charge in [0.25, 0.3) is 0 Å². The number of hydrogen-bond acceptors (Lipinski definition) is 1. The second-order valence-electron chi connectivity index (χ2n) is 11.6. The number of rotatable bonds is 3. The highest BCUT2D eigenvalue weighted by molar-refractivity contribution is 5.13. The Labute approximate surface area is 168 Å². The van der Waals surface area contributed by atoms with Gasteiger partial charge in [-0.15, -0.1) is 0 Å². The Hall–Kier alpha value is -0.300. The fraction of sp³-hybridized carbons (Fsp3) is 0.923. The van der Waals surface area contributed by atoms with Gasteiger partial charge in [-0.1, -0.05) is 39.3 Å². The molecule has 0 aliphatic heterocycles. The summed E-state index contributed by atoms with van der Waals surface area (Å²) in [5.41, 5.74) is 1.60. The molecule has 4 fully saturated rings. The van der Waals surface area contributed by atoms with Gasteiger partial charge in [0.05, 0.1) is 5.60 Å². The first kappa shape index (κ1) is 20.0. The lowest BCUT2D eigenvalue weighted by Gasteiger charge is -2.63. The van der Waals surface area contributed by atoms with Crippen LogP contribution in [0.4, 0.5) is 0 Å². The van der Waals surface area contributed by atoms with E-state index in [1.165, 1.54) is 50.5 Å². The monoisotopic (exact) mass is 372 g/mol. The molecule has 0 heterocycles. The van der Waals surface area contributed by atoms with Crippen LogP contribution in [0.2, 0.25) is 0 Å². The number of allylic oxidation sites excluding steroid dienone is 1. The molecule has 0 bridgehead atoms. The minimum Gasteiger partial charge on any atom is -0.390 e. The van der Waals surface area contributed by atoms with Crippen molar-refractivity contribution in [3.8, 4) is 0 Å². The van der Waals surface area contributed by atoms with Gasteiger partial charge < -0.3 is 5.11 Å². The maximum Gasteiger partial charge on any atom is 0.0650 e. The Morgan fingerprint density at radius 3 is 2.44 bits per heavy atom. The predicted molar refractivity (Wildman–Crippen MR) is 114 cm³/mol. The van der Waals surface area contributed by atoms with Gasteiger partial charge >= 0.3 is 0 Å². The third-order valence-electron chi connectivity index (χ3n) is 10.0. The molecular weight excluding hydrogens is 328 g/mol. The Morgan fingerprint density at radius 2 is 1.74 bits per heavy atom. The zero-order valence-electron chi connectivity index (χ0n) is 18.5. The lowest BCUT2D eigenvalue weighted by atomic mass is 9.42. The van der Waals surface area contributed by atoms with Gasteiger partial charge in [-0.05, 0) is 118 Å². The summed E-state index contributed by atoms with van der Waals surface area (Å²) in [6.45, 7) is 14.1. The molecule has 0 aromatic carbocycles. The Morgan fingerprint density at radius 1 is 1.00 bits per heavy atom. The predicted octanol–water partition coefficient (Wildman–Crippen LogP) is 7.00. The van der Waals surface area contributed by atoms with E-state index in [1.54, 1.807) is 0 Å². The van der Waals surface area contributed by atoms with Gasteiger partial charge in [0.2, 0.25) is 0 Å². The molecule has 0 spiro atoms. The molecule has 0 saturated heterocycles. The van der Waals surface area contributed by atoms with Crippen LogP contribution < -0.4 is 0 Å². The van der Waals surface area contributed by atoms with Crippen LogP contribution in [-0.4, -0.2) is 10.7 Å². The topological polar surface area (TPSA) is 20.2 Å². The molecule has 0 amide bonds. The summed E-state index contributed by atoms with van der Waals surface area (Å²) >= 11 is 0. The third kappa shape index (κ3) is 3.24. The van der Waals surface area contributed by atoms with Crippen molar-refractivity contribution in [2.75, 3.05) is 0 Å². The second-order valence-corrected chi connectivity index (χ2v) is 11.6. The summed E-state index contributed by atoms with van der Waals surface area (Å²) in [5, 5.41) is 11.1. The summed E-state index contributed by atoms with van der Waals surface area (Å²) in [5.74, 6) is 6.14. The van der Waals surface area contributed by atoms with Gasteiger partial charge in [0.15, 0.2) is 0 Å². The quantitative estimate of drug-likeness (QED) is 0.529. The molecule has 27 heavy (non-hydrogen) atoms. The van der Waals surface area contributed by atoms with Crippen molar-refractivity contribution in [3.05, 3.63) is 12.2 Å². The smallest absolute Gasteiger partial charge is 0.0650 e. The van der Waals surface area contributed by atoms with E-state index in [4.69, 9.17) is 0 Å². The van der Waals surface area contributed by atoms with Crippen LogP contribution in [0.3, 0.4) is 0 Å². The first-order valence-corrected chi connectivity index (χ1v) is 12.2. The molecule has 1 heteroatoms. The van der Waals surface area contributed by atoms with E-state index in [2.05, 4.69) is 34.3 Å². The van der Waals surface area contributed by atoms with Gasteiger partial charge in [0.1, 0.15) is 0 Å². The van der Waals surface area contributed by atoms with Gasteiger partial charge in [0, 0.05) is 0 Å². The van der Waals surface area contributed by atoms with Crippen LogP contribution in [-0.2, 0) is 0 Å². The molecule has 1 N–H and O–H groups in total. The first-order chi connectivity index (χ1) is 12.8. The van der Waals surface area contributed by atoms with Crippen molar-refractivity contribution >= 4 is 0 Å². The van der Waals surface area contributed by atoms with Crippen molar-refractivity contribution in [1.82, 2.24) is 0 Å². The Kier molecular flexibility index (Phi) is 5.32. The fourth-order valence-corrected chi connectivity index (χ4v) is 9.16. The fourth-order valence-electron chi connectivity index (χ4n) is 9.16. The van der Waals surface area contributed by atoms with E-state index in [1.807, 2.05) is 0 Å². The molecular formula is C26H44O. The molecule has 0 aromatic rings. The van der Waals surface area contributed by atoms with E-state index in [0.29, 0.717) is 5.41 Å². The highest BCUT2D eigenvalue weighted by Gasteiger charge is 2.57. The van der Waals surface area contributed by atoms with Crippen LogP contribution in [0.5, 0.6) is 0 Å². The molecule has 1 nitrogen and oxygen atoms in total. The van der Waals surface area contributed by atoms with Crippen LogP contribution in [0, 0.1) is 46.8 Å². The van der Waals surface area contributed by atoms with E-state index in [0.717, 1.165) is 67.1 Å². The van der Waals surface area contributed by atoms with Crippen molar-refractivity contribution in [3.63, 3.8) is 0 Å². The highest BCUT2D eigenvalue weighted by atomic mass is 16.3. The molecule has 4 aliphatic rings. The molecule has 0 aromatic heterocycles. The summed E-state index contributed by atoms with van der Waals surface area (Å²) in [4.78, 5) is 0. The molecule has 4 rings (SSSR count). The van der Waals surface area contributed by atoms with Gasteiger partial charge in [-0.2, -0.15) is 0 Å². The normalized spacial score (nSPS) is 52.4. The van der Waals surface area contributed by atoms with Crippen LogP contribution >= 0.6 is 0 Å². The zero-order valence-corrected chi connectivity index (χ0v) is 18.5. The molecule has 154 valence electrons. The van der Waals surface area contributed by atoms with Gasteiger partial charge in [-0.3, -0.25) is 0 Å². The average Bonchev–Trinajstić information content (AvgIpc) is 2.60.